The van der Waals surface area contributed by atoms with Crippen molar-refractivity contribution in [2.45, 2.75) is 6.92 Å². The number of thioether (sulfide) groups is 1. The van der Waals surface area contributed by atoms with Crippen LogP contribution < -0.4 is 14.4 Å². The summed E-state index contributed by atoms with van der Waals surface area (Å²) in [4.78, 5) is 28.5. The molecule has 0 spiro atoms. The number of thiophene rings is 1. The van der Waals surface area contributed by atoms with Gasteiger partial charge in [-0.2, -0.15) is 0 Å². The van der Waals surface area contributed by atoms with Crippen molar-refractivity contribution in [3.63, 3.8) is 0 Å². The van der Waals surface area contributed by atoms with E-state index in [1.54, 1.807) is 25.3 Å². The Kier molecular flexibility index (Phi) is 5.15. The normalized spacial score (nSPS) is 14.4. The van der Waals surface area contributed by atoms with Gasteiger partial charge in [0.1, 0.15) is 11.5 Å². The maximum absolute atomic E-state index is 13.1. The molecule has 2 heterocycles. The molecule has 25 heavy (non-hydrogen) atoms. The summed E-state index contributed by atoms with van der Waals surface area (Å²) in [5.41, 5.74) is 0.879. The fraction of sp³-hybridized carbons (Fsp3) is 0.222. The molecule has 7 heteroatoms. The Balaban J connectivity index is 2.09. The first-order valence-electron chi connectivity index (χ1n) is 7.64. The summed E-state index contributed by atoms with van der Waals surface area (Å²) in [5.74, 6) is 1.07. The summed E-state index contributed by atoms with van der Waals surface area (Å²) in [7, 11) is 3.05. The maximum atomic E-state index is 13.1. The summed E-state index contributed by atoms with van der Waals surface area (Å²) in [6, 6.07) is 8.75. The highest BCUT2D eigenvalue weighted by atomic mass is 32.2. The standard InChI is InChI=1S/C18H17NO4S2/c1-4-24-16-15(14-6-5-9-25-14)17(20)19(18(16)21)12-8-7-11(22-2)10-13(12)23-3/h5-10H,4H2,1-3H3. The second kappa shape index (κ2) is 7.33. The van der Waals surface area contributed by atoms with Crippen LogP contribution >= 0.6 is 23.1 Å². The summed E-state index contributed by atoms with van der Waals surface area (Å²) >= 11 is 2.83. The minimum Gasteiger partial charge on any atom is -0.497 e. The number of anilines is 1. The first-order valence-corrected chi connectivity index (χ1v) is 9.50. The predicted octanol–water partition coefficient (Wildman–Crippen LogP) is 3.80. The van der Waals surface area contributed by atoms with Gasteiger partial charge in [0.2, 0.25) is 0 Å². The monoisotopic (exact) mass is 375 g/mol. The van der Waals surface area contributed by atoms with Gasteiger partial charge >= 0.3 is 0 Å². The molecule has 0 atom stereocenters. The van der Waals surface area contributed by atoms with E-state index in [0.29, 0.717) is 33.4 Å². The molecule has 0 saturated heterocycles. The summed E-state index contributed by atoms with van der Waals surface area (Å²) < 4.78 is 10.6. The molecule has 3 rings (SSSR count). The van der Waals surface area contributed by atoms with Gasteiger partial charge in [0, 0.05) is 10.9 Å². The molecular formula is C18H17NO4S2. The van der Waals surface area contributed by atoms with Crippen LogP contribution in [0.3, 0.4) is 0 Å². The van der Waals surface area contributed by atoms with Gasteiger partial charge in [-0.15, -0.1) is 23.1 Å². The molecule has 2 aromatic rings. The van der Waals surface area contributed by atoms with Gasteiger partial charge in [-0.3, -0.25) is 9.59 Å². The van der Waals surface area contributed by atoms with Gasteiger partial charge in [-0.05, 0) is 29.3 Å². The van der Waals surface area contributed by atoms with Crippen LogP contribution in [0.5, 0.6) is 11.5 Å². The minimum absolute atomic E-state index is 0.316. The number of imide groups is 1. The third-order valence-electron chi connectivity index (χ3n) is 3.73. The smallest absolute Gasteiger partial charge is 0.272 e. The average Bonchev–Trinajstić information content (AvgIpc) is 3.22. The van der Waals surface area contributed by atoms with Crippen molar-refractivity contribution in [1.82, 2.24) is 0 Å². The molecule has 0 unspecified atom stereocenters. The Morgan fingerprint density at radius 3 is 2.52 bits per heavy atom. The summed E-state index contributed by atoms with van der Waals surface area (Å²) in [5, 5.41) is 1.89. The second-order valence-electron chi connectivity index (χ2n) is 5.10. The lowest BCUT2D eigenvalue weighted by Gasteiger charge is -2.18. The largest absolute Gasteiger partial charge is 0.497 e. The molecule has 2 amide bonds. The van der Waals surface area contributed by atoms with Crippen LogP contribution in [0.2, 0.25) is 0 Å². The van der Waals surface area contributed by atoms with E-state index in [4.69, 9.17) is 9.47 Å². The zero-order chi connectivity index (χ0) is 18.0. The highest BCUT2D eigenvalue weighted by Gasteiger charge is 2.41. The molecule has 1 aromatic carbocycles. The lowest BCUT2D eigenvalue weighted by Crippen LogP contribution is -2.31. The molecule has 0 fully saturated rings. The van der Waals surface area contributed by atoms with Crippen molar-refractivity contribution >= 4 is 46.2 Å². The molecule has 0 aliphatic carbocycles. The van der Waals surface area contributed by atoms with E-state index in [2.05, 4.69) is 0 Å². The maximum Gasteiger partial charge on any atom is 0.272 e. The van der Waals surface area contributed by atoms with Crippen molar-refractivity contribution in [3.8, 4) is 11.5 Å². The van der Waals surface area contributed by atoms with Crippen LogP contribution in [0.4, 0.5) is 5.69 Å². The molecule has 1 aliphatic rings. The molecule has 0 saturated carbocycles. The quantitative estimate of drug-likeness (QED) is 0.719. The number of methoxy groups -OCH3 is 2. The lowest BCUT2D eigenvalue weighted by atomic mass is 10.2. The second-order valence-corrected chi connectivity index (χ2v) is 7.32. The molecule has 0 bridgehead atoms. The van der Waals surface area contributed by atoms with E-state index < -0.39 is 0 Å². The number of amides is 2. The van der Waals surface area contributed by atoms with Gasteiger partial charge in [-0.25, -0.2) is 4.90 Å². The number of hydrogen-bond acceptors (Lipinski definition) is 6. The fourth-order valence-electron chi connectivity index (χ4n) is 2.61. The van der Waals surface area contributed by atoms with Crippen molar-refractivity contribution in [1.29, 1.82) is 0 Å². The van der Waals surface area contributed by atoms with Gasteiger partial charge < -0.3 is 9.47 Å². The molecular weight excluding hydrogens is 358 g/mol. The van der Waals surface area contributed by atoms with E-state index in [1.165, 1.54) is 35.1 Å². The Labute approximate surface area is 154 Å². The van der Waals surface area contributed by atoms with Crippen LogP contribution in [0.15, 0.2) is 40.6 Å². The molecule has 5 nitrogen and oxygen atoms in total. The van der Waals surface area contributed by atoms with E-state index in [0.717, 1.165) is 4.88 Å². The predicted molar refractivity (Wildman–Crippen MR) is 101 cm³/mol. The Bertz CT molecular complexity index is 843. The SMILES string of the molecule is CCSC1=C(c2cccs2)C(=O)N(c2ccc(OC)cc2OC)C1=O. The van der Waals surface area contributed by atoms with Crippen molar-refractivity contribution in [3.05, 3.63) is 45.5 Å². The number of carbonyl (C=O) groups excluding carboxylic acids is 2. The fourth-order valence-corrected chi connectivity index (χ4v) is 4.29. The zero-order valence-electron chi connectivity index (χ0n) is 14.1. The van der Waals surface area contributed by atoms with E-state index in [-0.39, 0.29) is 11.8 Å². The molecule has 1 aromatic heterocycles. The lowest BCUT2D eigenvalue weighted by molar-refractivity contribution is -0.119. The Morgan fingerprint density at radius 2 is 1.92 bits per heavy atom. The van der Waals surface area contributed by atoms with Gasteiger partial charge in [-0.1, -0.05) is 13.0 Å². The minimum atomic E-state index is -0.327. The van der Waals surface area contributed by atoms with E-state index in [1.807, 2.05) is 24.4 Å². The van der Waals surface area contributed by atoms with Crippen LogP contribution in [-0.4, -0.2) is 31.8 Å². The van der Waals surface area contributed by atoms with Crippen LogP contribution in [-0.2, 0) is 9.59 Å². The van der Waals surface area contributed by atoms with Crippen molar-refractivity contribution in [2.24, 2.45) is 0 Å². The topological polar surface area (TPSA) is 55.8 Å². The van der Waals surface area contributed by atoms with Crippen LogP contribution in [0.1, 0.15) is 11.8 Å². The molecule has 130 valence electrons. The third kappa shape index (κ3) is 3.05. The zero-order valence-corrected chi connectivity index (χ0v) is 15.7. The van der Waals surface area contributed by atoms with Crippen LogP contribution in [0, 0.1) is 0 Å². The summed E-state index contributed by atoms with van der Waals surface area (Å²) in [6.07, 6.45) is 0. The van der Waals surface area contributed by atoms with Crippen LogP contribution in [0.25, 0.3) is 5.57 Å². The van der Waals surface area contributed by atoms with E-state index >= 15 is 0 Å². The number of nitrogens with zero attached hydrogens (tertiary/aromatic N) is 1. The molecule has 0 radical (unpaired) electrons. The number of rotatable bonds is 6. The average molecular weight is 375 g/mol. The van der Waals surface area contributed by atoms with E-state index in [9.17, 15) is 9.59 Å². The van der Waals surface area contributed by atoms with Crippen molar-refractivity contribution in [2.75, 3.05) is 24.9 Å². The van der Waals surface area contributed by atoms with Gasteiger partial charge in [0.05, 0.1) is 30.4 Å². The molecule has 1 aliphatic heterocycles. The number of hydrogen-bond donors (Lipinski definition) is 0. The van der Waals surface area contributed by atoms with Crippen molar-refractivity contribution < 1.29 is 19.1 Å². The highest BCUT2D eigenvalue weighted by Crippen LogP contribution is 2.42. The Morgan fingerprint density at radius 1 is 1.12 bits per heavy atom. The number of carbonyl (C=O) groups is 2. The van der Waals surface area contributed by atoms with Gasteiger partial charge in [0.25, 0.3) is 11.8 Å². The van der Waals surface area contributed by atoms with Gasteiger partial charge in [0.15, 0.2) is 0 Å². The highest BCUT2D eigenvalue weighted by molar-refractivity contribution is 8.04. The Hall–Kier alpha value is -2.25. The first-order chi connectivity index (χ1) is 12.1. The number of ether oxygens (including phenoxy) is 2. The third-order valence-corrected chi connectivity index (χ3v) is 5.57. The molecule has 0 N–H and O–H groups in total. The first kappa shape index (κ1) is 17.6. The number of benzene rings is 1. The summed E-state index contributed by atoms with van der Waals surface area (Å²) in [6.45, 7) is 1.96.